The van der Waals surface area contributed by atoms with Crippen LogP contribution in [-0.2, 0) is 11.2 Å². The van der Waals surface area contributed by atoms with Crippen LogP contribution in [0.4, 0.5) is 0 Å². The van der Waals surface area contributed by atoms with E-state index < -0.39 is 14.1 Å². The topological polar surface area (TPSA) is 55.4 Å². The molecule has 1 aromatic carbocycles. The molecular formula is C16H23N2O2Si-. The predicted molar refractivity (Wildman–Crippen MR) is 86.4 cm³/mol. The molecule has 3 rings (SSSR count). The summed E-state index contributed by atoms with van der Waals surface area (Å²) in [5, 5.41) is 16.1. The van der Waals surface area contributed by atoms with Crippen molar-refractivity contribution in [3.05, 3.63) is 40.6 Å². The van der Waals surface area contributed by atoms with Gasteiger partial charge >= 0.3 is 0 Å². The molecule has 1 aromatic rings. The SMILES string of the molecule is C[Si]1(C)CC(C(=O)N[C@@H]2CCCc3ccccc32)N([O-])C1. The van der Waals surface area contributed by atoms with Gasteiger partial charge in [0.15, 0.2) is 0 Å². The van der Waals surface area contributed by atoms with Gasteiger partial charge in [-0.2, -0.15) is 0 Å². The van der Waals surface area contributed by atoms with E-state index >= 15 is 0 Å². The number of rotatable bonds is 2. The van der Waals surface area contributed by atoms with Crippen LogP contribution >= 0.6 is 0 Å². The maximum atomic E-state index is 12.5. The zero-order chi connectivity index (χ0) is 15.0. The number of hydroxylamine groups is 2. The zero-order valence-corrected chi connectivity index (χ0v) is 13.8. The average molecular weight is 303 g/mol. The summed E-state index contributed by atoms with van der Waals surface area (Å²) < 4.78 is 0. The van der Waals surface area contributed by atoms with Crippen molar-refractivity contribution in [1.82, 2.24) is 10.4 Å². The minimum absolute atomic E-state index is 0.0706. The molecule has 1 fully saturated rings. The van der Waals surface area contributed by atoms with Gasteiger partial charge in [-0.15, -0.1) is 0 Å². The fraction of sp³-hybridized carbons (Fsp3) is 0.562. The van der Waals surface area contributed by atoms with Crippen LogP contribution in [0.3, 0.4) is 0 Å². The van der Waals surface area contributed by atoms with Crippen molar-refractivity contribution in [3.63, 3.8) is 0 Å². The molecule has 1 heterocycles. The Bertz CT molecular complexity index is 547. The number of amides is 1. The average Bonchev–Trinajstić information content (AvgIpc) is 2.72. The van der Waals surface area contributed by atoms with Crippen LogP contribution in [0.5, 0.6) is 0 Å². The molecule has 0 aromatic heterocycles. The lowest BCUT2D eigenvalue weighted by Crippen LogP contribution is -2.42. The van der Waals surface area contributed by atoms with Crippen molar-refractivity contribution in [2.75, 3.05) is 6.17 Å². The van der Waals surface area contributed by atoms with E-state index in [9.17, 15) is 10.0 Å². The summed E-state index contributed by atoms with van der Waals surface area (Å²) in [5.74, 6) is -0.0789. The summed E-state index contributed by atoms with van der Waals surface area (Å²) in [6, 6.07) is 8.68. The molecule has 0 spiro atoms. The highest BCUT2D eigenvalue weighted by Gasteiger charge is 2.38. The summed E-state index contributed by atoms with van der Waals surface area (Å²) >= 11 is 0. The highest BCUT2D eigenvalue weighted by atomic mass is 28.3. The molecule has 5 heteroatoms. The molecule has 1 aliphatic carbocycles. The van der Waals surface area contributed by atoms with Crippen LogP contribution < -0.4 is 5.32 Å². The Morgan fingerprint density at radius 1 is 1.38 bits per heavy atom. The number of hydrogen-bond acceptors (Lipinski definition) is 3. The first kappa shape index (κ1) is 14.8. The summed E-state index contributed by atoms with van der Waals surface area (Å²) in [7, 11) is -1.51. The predicted octanol–water partition coefficient (Wildman–Crippen LogP) is 2.61. The number of benzene rings is 1. The van der Waals surface area contributed by atoms with Crippen LogP contribution in [-0.4, -0.2) is 31.3 Å². The highest BCUT2D eigenvalue weighted by molar-refractivity contribution is 6.78. The van der Waals surface area contributed by atoms with E-state index in [4.69, 9.17) is 0 Å². The quantitative estimate of drug-likeness (QED) is 0.855. The molecule has 114 valence electrons. The third-order valence-electron chi connectivity index (χ3n) is 4.67. The van der Waals surface area contributed by atoms with Gasteiger partial charge in [-0.25, -0.2) is 0 Å². The minimum atomic E-state index is -1.51. The molecule has 1 aliphatic heterocycles. The Hall–Kier alpha value is -1.17. The van der Waals surface area contributed by atoms with Gasteiger partial charge in [0.2, 0.25) is 5.91 Å². The summed E-state index contributed by atoms with van der Waals surface area (Å²) in [4.78, 5) is 12.5. The Labute approximate surface area is 127 Å². The second-order valence-electron chi connectivity index (χ2n) is 7.11. The van der Waals surface area contributed by atoms with Gasteiger partial charge in [0.05, 0.1) is 20.2 Å². The first-order chi connectivity index (χ1) is 9.96. The van der Waals surface area contributed by atoms with Crippen LogP contribution in [0.1, 0.15) is 30.0 Å². The standard InChI is InChI=1S/C16H23N2O2Si/c1-21(2)10-15(18(20)11-21)16(19)17-14-9-5-7-12-6-3-4-8-13(12)14/h3-4,6,8,14-15H,5,7,9-11H2,1-2H3,(H,17,19)/q-1/t14-,15?/m1/s1. The maximum absolute atomic E-state index is 12.5. The first-order valence-corrected chi connectivity index (χ1v) is 11.2. The molecule has 0 saturated carbocycles. The van der Waals surface area contributed by atoms with E-state index in [0.29, 0.717) is 6.17 Å². The number of carbonyl (C=O) groups excluding carboxylic acids is 1. The Kier molecular flexibility index (Phi) is 3.90. The van der Waals surface area contributed by atoms with Crippen LogP contribution in [0.2, 0.25) is 19.1 Å². The molecule has 2 atom stereocenters. The van der Waals surface area contributed by atoms with Crippen molar-refractivity contribution >= 4 is 14.0 Å². The summed E-state index contributed by atoms with van der Waals surface area (Å²) in [6.07, 6.45) is 3.72. The molecule has 1 unspecified atom stereocenters. The molecule has 1 N–H and O–H groups in total. The van der Waals surface area contributed by atoms with Gasteiger partial charge < -0.3 is 15.6 Å². The van der Waals surface area contributed by atoms with Gasteiger partial charge in [-0.05, 0) is 42.6 Å². The van der Waals surface area contributed by atoms with Crippen LogP contribution in [0.25, 0.3) is 0 Å². The van der Waals surface area contributed by atoms with Gasteiger partial charge in [0, 0.05) is 0 Å². The van der Waals surface area contributed by atoms with Crippen LogP contribution in [0, 0.1) is 5.21 Å². The Morgan fingerprint density at radius 2 is 2.14 bits per heavy atom. The Morgan fingerprint density at radius 3 is 2.86 bits per heavy atom. The minimum Gasteiger partial charge on any atom is -0.785 e. The molecule has 0 bridgehead atoms. The summed E-state index contributed by atoms with van der Waals surface area (Å²) in [6.45, 7) is 4.36. The molecule has 1 amide bonds. The highest BCUT2D eigenvalue weighted by Crippen LogP contribution is 2.31. The molecule has 4 nitrogen and oxygen atoms in total. The normalized spacial score (nSPS) is 28.1. The number of nitrogens with one attached hydrogen (secondary N) is 1. The van der Waals surface area contributed by atoms with Gasteiger partial charge in [-0.3, -0.25) is 4.79 Å². The second-order valence-corrected chi connectivity index (χ2v) is 12.2. The van der Waals surface area contributed by atoms with Gasteiger partial charge in [-0.1, -0.05) is 37.4 Å². The molecule has 2 aliphatic rings. The number of fused-ring (bicyclic) bond motifs is 1. The van der Waals surface area contributed by atoms with Crippen molar-refractivity contribution in [3.8, 4) is 0 Å². The zero-order valence-electron chi connectivity index (χ0n) is 12.8. The molecule has 1 saturated heterocycles. The lowest BCUT2D eigenvalue weighted by atomic mass is 9.87. The summed E-state index contributed by atoms with van der Waals surface area (Å²) in [5.41, 5.74) is 2.55. The number of aryl methyl sites for hydroxylation is 1. The monoisotopic (exact) mass is 303 g/mol. The number of carbonyl (C=O) groups is 1. The van der Waals surface area contributed by atoms with Gasteiger partial charge in [0.25, 0.3) is 0 Å². The smallest absolute Gasteiger partial charge is 0.236 e. The first-order valence-electron chi connectivity index (χ1n) is 7.78. The fourth-order valence-electron chi connectivity index (χ4n) is 3.62. The molecular weight excluding hydrogens is 280 g/mol. The van der Waals surface area contributed by atoms with E-state index in [1.54, 1.807) is 0 Å². The van der Waals surface area contributed by atoms with E-state index in [0.717, 1.165) is 30.4 Å². The van der Waals surface area contributed by atoms with E-state index in [1.807, 2.05) is 12.1 Å². The Balaban J connectivity index is 1.72. The lowest BCUT2D eigenvalue weighted by molar-refractivity contribution is -0.125. The van der Waals surface area contributed by atoms with E-state index in [-0.39, 0.29) is 11.9 Å². The molecule has 0 radical (unpaired) electrons. The van der Waals surface area contributed by atoms with Gasteiger partial charge in [0.1, 0.15) is 0 Å². The van der Waals surface area contributed by atoms with E-state index in [2.05, 4.69) is 30.5 Å². The maximum Gasteiger partial charge on any atom is 0.236 e. The van der Waals surface area contributed by atoms with Crippen molar-refractivity contribution in [2.45, 2.75) is 50.5 Å². The van der Waals surface area contributed by atoms with Crippen LogP contribution in [0.15, 0.2) is 24.3 Å². The lowest BCUT2D eigenvalue weighted by Gasteiger charge is -2.32. The second kappa shape index (κ2) is 5.55. The number of nitrogens with zero attached hydrogens (tertiary/aromatic N) is 1. The third-order valence-corrected chi connectivity index (χ3v) is 7.33. The van der Waals surface area contributed by atoms with E-state index in [1.165, 1.54) is 11.1 Å². The fourth-order valence-corrected chi connectivity index (χ4v) is 6.25. The number of hydrogen-bond donors (Lipinski definition) is 1. The third kappa shape index (κ3) is 3.05. The van der Waals surface area contributed by atoms with Crippen molar-refractivity contribution in [1.29, 1.82) is 0 Å². The largest absolute Gasteiger partial charge is 0.785 e. The van der Waals surface area contributed by atoms with Crippen molar-refractivity contribution in [2.24, 2.45) is 0 Å². The van der Waals surface area contributed by atoms with Crippen molar-refractivity contribution < 1.29 is 4.79 Å². The molecule has 21 heavy (non-hydrogen) atoms.